The van der Waals surface area contributed by atoms with Crippen molar-refractivity contribution in [3.8, 4) is 0 Å². The van der Waals surface area contributed by atoms with Crippen LogP contribution in [0.25, 0.3) is 0 Å². The van der Waals surface area contributed by atoms with Crippen molar-refractivity contribution < 1.29 is 22.7 Å². The van der Waals surface area contributed by atoms with Gasteiger partial charge in [-0.2, -0.15) is 0 Å². The summed E-state index contributed by atoms with van der Waals surface area (Å²) in [5.74, 6) is -0.991. The second kappa shape index (κ2) is 9.30. The first kappa shape index (κ1) is 23.4. The molecular formula is C22H28N2O5S. The summed E-state index contributed by atoms with van der Waals surface area (Å²) in [6, 6.07) is 9.14. The van der Waals surface area contributed by atoms with Crippen LogP contribution in [0.3, 0.4) is 0 Å². The second-order valence-electron chi connectivity index (χ2n) is 7.19. The summed E-state index contributed by atoms with van der Waals surface area (Å²) in [4.78, 5) is 25.1. The van der Waals surface area contributed by atoms with Gasteiger partial charge in [0.15, 0.2) is 0 Å². The summed E-state index contributed by atoms with van der Waals surface area (Å²) in [5, 5.41) is 2.74. The molecule has 2 rings (SSSR count). The molecule has 0 aliphatic carbocycles. The SMILES string of the molecule is CCOC(=O)c1cccc(NC(=O)C(C)N(c2ccc(C)c(C)c2)S(C)(=O)=O)c1C. The highest BCUT2D eigenvalue weighted by atomic mass is 32.2. The van der Waals surface area contributed by atoms with Crippen molar-refractivity contribution in [1.82, 2.24) is 0 Å². The molecule has 2 aromatic rings. The summed E-state index contributed by atoms with van der Waals surface area (Å²) < 4.78 is 31.1. The Morgan fingerprint density at radius 1 is 1.10 bits per heavy atom. The van der Waals surface area contributed by atoms with E-state index in [1.165, 1.54) is 6.92 Å². The molecule has 8 heteroatoms. The fourth-order valence-corrected chi connectivity index (χ4v) is 4.28. The third kappa shape index (κ3) is 5.18. The van der Waals surface area contributed by atoms with Crippen LogP contribution in [0, 0.1) is 20.8 Å². The van der Waals surface area contributed by atoms with Crippen molar-refractivity contribution in [2.75, 3.05) is 22.5 Å². The fraction of sp³-hybridized carbons (Fsp3) is 0.364. The standard InChI is InChI=1S/C22H28N2O5S/c1-7-29-22(26)19-9-8-10-20(16(19)4)23-21(25)17(5)24(30(6,27)28)18-12-11-14(2)15(3)13-18/h8-13,17H,7H2,1-6H3,(H,23,25). The molecule has 0 fully saturated rings. The molecular weight excluding hydrogens is 404 g/mol. The van der Waals surface area contributed by atoms with E-state index < -0.39 is 27.9 Å². The lowest BCUT2D eigenvalue weighted by Crippen LogP contribution is -2.45. The molecule has 1 N–H and O–H groups in total. The normalized spacial score (nSPS) is 12.2. The number of aryl methyl sites for hydroxylation is 2. The molecule has 1 amide bonds. The summed E-state index contributed by atoms with van der Waals surface area (Å²) in [5.41, 5.74) is 3.68. The van der Waals surface area contributed by atoms with Gasteiger partial charge in [-0.3, -0.25) is 9.10 Å². The van der Waals surface area contributed by atoms with Crippen molar-refractivity contribution in [1.29, 1.82) is 0 Å². The van der Waals surface area contributed by atoms with Gasteiger partial charge >= 0.3 is 5.97 Å². The van der Waals surface area contributed by atoms with Gasteiger partial charge in [0, 0.05) is 5.69 Å². The Bertz CT molecular complexity index is 1060. The number of benzene rings is 2. The number of hydrogen-bond donors (Lipinski definition) is 1. The molecule has 0 heterocycles. The van der Waals surface area contributed by atoms with E-state index in [4.69, 9.17) is 4.74 Å². The van der Waals surface area contributed by atoms with Gasteiger partial charge in [-0.15, -0.1) is 0 Å². The number of rotatable bonds is 7. The zero-order valence-electron chi connectivity index (χ0n) is 18.1. The zero-order valence-corrected chi connectivity index (χ0v) is 19.0. The van der Waals surface area contributed by atoms with E-state index in [0.29, 0.717) is 22.5 Å². The van der Waals surface area contributed by atoms with Gasteiger partial charge in [-0.25, -0.2) is 13.2 Å². The predicted octanol–water partition coefficient (Wildman–Crippen LogP) is 3.58. The van der Waals surface area contributed by atoms with Gasteiger partial charge in [-0.1, -0.05) is 12.1 Å². The molecule has 0 saturated carbocycles. The van der Waals surface area contributed by atoms with E-state index in [-0.39, 0.29) is 6.61 Å². The van der Waals surface area contributed by atoms with Crippen molar-refractivity contribution in [2.45, 2.75) is 40.7 Å². The van der Waals surface area contributed by atoms with Gasteiger partial charge in [0.05, 0.1) is 24.1 Å². The Morgan fingerprint density at radius 2 is 1.77 bits per heavy atom. The first-order chi connectivity index (χ1) is 14.0. The lowest BCUT2D eigenvalue weighted by molar-refractivity contribution is -0.116. The number of ether oxygens (including phenoxy) is 1. The van der Waals surface area contributed by atoms with Crippen molar-refractivity contribution >= 4 is 33.3 Å². The van der Waals surface area contributed by atoms with Gasteiger partial charge in [0.25, 0.3) is 0 Å². The monoisotopic (exact) mass is 432 g/mol. The Balaban J connectivity index is 2.36. The summed E-state index contributed by atoms with van der Waals surface area (Å²) in [7, 11) is -3.72. The molecule has 162 valence electrons. The molecule has 0 aromatic heterocycles. The first-order valence-corrected chi connectivity index (χ1v) is 11.5. The van der Waals surface area contributed by atoms with E-state index in [9.17, 15) is 18.0 Å². The van der Waals surface area contributed by atoms with Crippen LogP contribution in [-0.2, 0) is 19.6 Å². The number of anilines is 2. The van der Waals surface area contributed by atoms with Crippen LogP contribution in [0.2, 0.25) is 0 Å². The van der Waals surface area contributed by atoms with Crippen LogP contribution in [0.5, 0.6) is 0 Å². The highest BCUT2D eigenvalue weighted by molar-refractivity contribution is 7.92. The zero-order chi connectivity index (χ0) is 22.6. The van der Waals surface area contributed by atoms with Crippen LogP contribution in [0.15, 0.2) is 36.4 Å². The molecule has 0 spiro atoms. The van der Waals surface area contributed by atoms with Crippen molar-refractivity contribution in [2.24, 2.45) is 0 Å². The highest BCUT2D eigenvalue weighted by Crippen LogP contribution is 2.25. The van der Waals surface area contributed by atoms with Gasteiger partial charge in [0.2, 0.25) is 15.9 Å². The summed E-state index contributed by atoms with van der Waals surface area (Å²) in [6.07, 6.45) is 1.07. The minimum Gasteiger partial charge on any atom is -0.462 e. The lowest BCUT2D eigenvalue weighted by atomic mass is 10.1. The minimum atomic E-state index is -3.72. The van der Waals surface area contributed by atoms with Crippen LogP contribution in [0.4, 0.5) is 11.4 Å². The first-order valence-electron chi connectivity index (χ1n) is 9.61. The number of esters is 1. The average Bonchev–Trinajstić information content (AvgIpc) is 2.65. The van der Waals surface area contributed by atoms with E-state index in [1.807, 2.05) is 19.9 Å². The fourth-order valence-electron chi connectivity index (χ4n) is 3.11. The number of nitrogens with one attached hydrogen (secondary N) is 1. The Hall–Kier alpha value is -2.87. The number of hydrogen-bond acceptors (Lipinski definition) is 5. The smallest absolute Gasteiger partial charge is 0.338 e. The maximum Gasteiger partial charge on any atom is 0.338 e. The third-order valence-electron chi connectivity index (χ3n) is 4.92. The molecule has 0 aliphatic heterocycles. The van der Waals surface area contributed by atoms with E-state index in [0.717, 1.165) is 21.7 Å². The van der Waals surface area contributed by atoms with Crippen molar-refractivity contribution in [3.05, 3.63) is 58.7 Å². The Labute approximate surface area is 178 Å². The van der Waals surface area contributed by atoms with Crippen LogP contribution in [0.1, 0.15) is 40.9 Å². The molecule has 2 aromatic carbocycles. The molecule has 7 nitrogen and oxygen atoms in total. The van der Waals surface area contributed by atoms with Gasteiger partial charge < -0.3 is 10.1 Å². The molecule has 0 radical (unpaired) electrons. The number of carbonyl (C=O) groups is 2. The molecule has 0 aliphatic rings. The average molecular weight is 433 g/mol. The van der Waals surface area contributed by atoms with E-state index in [2.05, 4.69) is 5.32 Å². The van der Waals surface area contributed by atoms with Crippen molar-refractivity contribution in [3.63, 3.8) is 0 Å². The topological polar surface area (TPSA) is 92.8 Å². The largest absolute Gasteiger partial charge is 0.462 e. The molecule has 30 heavy (non-hydrogen) atoms. The van der Waals surface area contributed by atoms with E-state index in [1.54, 1.807) is 44.2 Å². The molecule has 1 atom stereocenters. The number of nitrogens with zero attached hydrogens (tertiary/aromatic N) is 1. The quantitative estimate of drug-likeness (QED) is 0.675. The second-order valence-corrected chi connectivity index (χ2v) is 9.05. The van der Waals surface area contributed by atoms with Crippen LogP contribution < -0.4 is 9.62 Å². The number of carbonyl (C=O) groups excluding carboxylic acids is 2. The summed E-state index contributed by atoms with van der Waals surface area (Å²) >= 11 is 0. The summed E-state index contributed by atoms with van der Waals surface area (Å²) in [6.45, 7) is 8.99. The van der Waals surface area contributed by atoms with Gasteiger partial charge in [0.1, 0.15) is 6.04 Å². The maximum atomic E-state index is 13.0. The Kier molecular flexibility index (Phi) is 7.25. The molecule has 0 saturated heterocycles. The lowest BCUT2D eigenvalue weighted by Gasteiger charge is -2.29. The number of sulfonamides is 1. The third-order valence-corrected chi connectivity index (χ3v) is 6.16. The number of amides is 1. The molecule has 0 bridgehead atoms. The van der Waals surface area contributed by atoms with Crippen LogP contribution in [-0.4, -0.2) is 39.2 Å². The predicted molar refractivity (Wildman–Crippen MR) is 118 cm³/mol. The van der Waals surface area contributed by atoms with Gasteiger partial charge in [-0.05, 0) is 75.6 Å². The van der Waals surface area contributed by atoms with E-state index >= 15 is 0 Å². The Morgan fingerprint density at radius 3 is 2.33 bits per heavy atom. The molecule has 1 unspecified atom stereocenters. The highest BCUT2D eigenvalue weighted by Gasteiger charge is 2.30. The minimum absolute atomic E-state index is 0.241. The van der Waals surface area contributed by atoms with Crippen LogP contribution >= 0.6 is 0 Å². The maximum absolute atomic E-state index is 13.0.